The average molecular weight is 308 g/mol. The van der Waals surface area contributed by atoms with Crippen molar-refractivity contribution in [1.29, 1.82) is 0 Å². The molecule has 0 spiro atoms. The van der Waals surface area contributed by atoms with Crippen LogP contribution >= 0.6 is 0 Å². The van der Waals surface area contributed by atoms with Crippen molar-refractivity contribution in [2.45, 2.75) is 33.2 Å². The van der Waals surface area contributed by atoms with Crippen LogP contribution in [0.5, 0.6) is 0 Å². The fraction of sp³-hybridized carbons (Fsp3) is 0.350. The van der Waals surface area contributed by atoms with Gasteiger partial charge in [-0.3, -0.25) is 4.79 Å². The van der Waals surface area contributed by atoms with Crippen LogP contribution < -0.4 is 10.6 Å². The first-order valence-corrected chi connectivity index (χ1v) is 8.29. The molecule has 1 atom stereocenters. The van der Waals surface area contributed by atoms with Gasteiger partial charge in [-0.05, 0) is 36.1 Å². The number of hydrogen-bond acceptors (Lipinski definition) is 2. The van der Waals surface area contributed by atoms with Crippen molar-refractivity contribution < 1.29 is 4.79 Å². The second-order valence-corrected chi connectivity index (χ2v) is 6.52. The number of fused-ring (bicyclic) bond motifs is 1. The van der Waals surface area contributed by atoms with Crippen molar-refractivity contribution in [3.05, 3.63) is 64.7 Å². The Kier molecular flexibility index (Phi) is 4.49. The summed E-state index contributed by atoms with van der Waals surface area (Å²) in [5.41, 5.74) is 5.99. The van der Waals surface area contributed by atoms with Crippen LogP contribution in [0.4, 0.5) is 5.69 Å². The monoisotopic (exact) mass is 308 g/mol. The maximum absolute atomic E-state index is 12.2. The lowest BCUT2D eigenvalue weighted by Crippen LogP contribution is -2.32. The van der Waals surface area contributed by atoms with Gasteiger partial charge in [0.25, 0.3) is 0 Å². The van der Waals surface area contributed by atoms with E-state index in [2.05, 4.69) is 47.9 Å². The molecule has 0 aliphatic carbocycles. The lowest BCUT2D eigenvalue weighted by molar-refractivity contribution is -0.118. The van der Waals surface area contributed by atoms with Crippen LogP contribution in [-0.2, 0) is 11.2 Å². The first-order valence-electron chi connectivity index (χ1n) is 8.29. The molecule has 0 bridgehead atoms. The number of benzene rings is 2. The van der Waals surface area contributed by atoms with E-state index in [-0.39, 0.29) is 17.9 Å². The van der Waals surface area contributed by atoms with E-state index < -0.39 is 0 Å². The van der Waals surface area contributed by atoms with Gasteiger partial charge in [-0.15, -0.1) is 0 Å². The third-order valence-corrected chi connectivity index (χ3v) is 4.50. The first kappa shape index (κ1) is 15.8. The Morgan fingerprint density at radius 1 is 1.17 bits per heavy atom. The second kappa shape index (κ2) is 6.55. The summed E-state index contributed by atoms with van der Waals surface area (Å²) in [6.07, 6.45) is 1.05. The van der Waals surface area contributed by atoms with Gasteiger partial charge in [0.2, 0.25) is 5.91 Å². The molecule has 0 aromatic heterocycles. The fourth-order valence-corrected chi connectivity index (χ4v) is 3.21. The molecule has 3 nitrogen and oxygen atoms in total. The summed E-state index contributed by atoms with van der Waals surface area (Å²) < 4.78 is 0. The molecule has 0 radical (unpaired) electrons. The molecule has 120 valence electrons. The third-order valence-electron chi connectivity index (χ3n) is 4.50. The van der Waals surface area contributed by atoms with Crippen LogP contribution in [0.25, 0.3) is 0 Å². The summed E-state index contributed by atoms with van der Waals surface area (Å²) in [5, 5.41) is 6.72. The fourth-order valence-electron chi connectivity index (χ4n) is 3.21. The Hall–Kier alpha value is -2.13. The Balaban J connectivity index is 2.05. The van der Waals surface area contributed by atoms with Crippen molar-refractivity contribution in [3.63, 3.8) is 0 Å². The van der Waals surface area contributed by atoms with Gasteiger partial charge in [-0.25, -0.2) is 0 Å². The summed E-state index contributed by atoms with van der Waals surface area (Å²) in [5.74, 6) is 0.0240. The number of carbonyl (C=O) groups excluding carboxylic acids is 1. The number of aryl methyl sites for hydroxylation is 1. The van der Waals surface area contributed by atoms with E-state index in [0.29, 0.717) is 0 Å². The van der Waals surface area contributed by atoms with E-state index >= 15 is 0 Å². The van der Waals surface area contributed by atoms with Crippen molar-refractivity contribution >= 4 is 11.6 Å². The van der Waals surface area contributed by atoms with Crippen LogP contribution in [-0.4, -0.2) is 12.5 Å². The molecule has 0 saturated carbocycles. The predicted octanol–water partition coefficient (Wildman–Crippen LogP) is 3.82. The van der Waals surface area contributed by atoms with Crippen LogP contribution in [0, 0.1) is 12.8 Å². The zero-order valence-corrected chi connectivity index (χ0v) is 14.0. The van der Waals surface area contributed by atoms with Crippen LogP contribution in [0.3, 0.4) is 0 Å². The van der Waals surface area contributed by atoms with E-state index in [1.807, 2.05) is 26.0 Å². The number of rotatable bonds is 3. The number of amides is 1. The molecule has 3 rings (SSSR count). The van der Waals surface area contributed by atoms with Crippen molar-refractivity contribution in [2.75, 3.05) is 11.9 Å². The lowest BCUT2D eigenvalue weighted by atomic mass is 9.87. The van der Waals surface area contributed by atoms with Gasteiger partial charge in [0.05, 0.1) is 6.04 Å². The van der Waals surface area contributed by atoms with Crippen molar-refractivity contribution in [1.82, 2.24) is 5.32 Å². The minimum Gasteiger partial charge on any atom is -0.326 e. The summed E-state index contributed by atoms with van der Waals surface area (Å²) in [6.45, 7) is 6.89. The van der Waals surface area contributed by atoms with Crippen molar-refractivity contribution in [3.8, 4) is 0 Å². The smallest absolute Gasteiger partial charge is 0.226 e. The lowest BCUT2D eigenvalue weighted by Gasteiger charge is -2.30. The third kappa shape index (κ3) is 3.15. The standard InChI is InChI=1S/C20H24N2O/c1-13(2)20(23)22-17-10-6-7-14(3)18(17)19-16-9-5-4-8-15(16)11-12-21-19/h4-10,13,19,21H,11-12H2,1-3H3,(H,22,23). The maximum atomic E-state index is 12.2. The average Bonchev–Trinajstić information content (AvgIpc) is 2.55. The number of hydrogen-bond donors (Lipinski definition) is 2. The second-order valence-electron chi connectivity index (χ2n) is 6.52. The number of anilines is 1. The molecule has 1 heterocycles. The molecule has 1 aliphatic heterocycles. The summed E-state index contributed by atoms with van der Waals surface area (Å²) in [6, 6.07) is 14.8. The number of carbonyl (C=O) groups is 1. The maximum Gasteiger partial charge on any atom is 0.226 e. The van der Waals surface area contributed by atoms with Gasteiger partial charge >= 0.3 is 0 Å². The van der Waals surface area contributed by atoms with Crippen LogP contribution in [0.15, 0.2) is 42.5 Å². The van der Waals surface area contributed by atoms with Gasteiger partial charge < -0.3 is 10.6 Å². The SMILES string of the molecule is Cc1cccc(NC(=O)C(C)C)c1C1NCCc2ccccc21. The molecule has 3 heteroatoms. The molecule has 2 aromatic rings. The highest BCUT2D eigenvalue weighted by Gasteiger charge is 2.25. The Morgan fingerprint density at radius 3 is 2.74 bits per heavy atom. The van der Waals surface area contributed by atoms with E-state index in [9.17, 15) is 4.79 Å². The summed E-state index contributed by atoms with van der Waals surface area (Å²) in [7, 11) is 0. The zero-order chi connectivity index (χ0) is 16.4. The van der Waals surface area contributed by atoms with Gasteiger partial charge in [0, 0.05) is 23.7 Å². The van der Waals surface area contributed by atoms with Gasteiger partial charge in [0.1, 0.15) is 0 Å². The normalized spacial score (nSPS) is 17.0. The van der Waals surface area contributed by atoms with Crippen LogP contribution in [0.1, 0.15) is 42.1 Å². The molecule has 2 aromatic carbocycles. The summed E-state index contributed by atoms with van der Waals surface area (Å²) in [4.78, 5) is 12.2. The van der Waals surface area contributed by atoms with E-state index in [1.165, 1.54) is 22.3 Å². The molecule has 1 amide bonds. The van der Waals surface area contributed by atoms with E-state index in [4.69, 9.17) is 0 Å². The largest absolute Gasteiger partial charge is 0.326 e. The molecular weight excluding hydrogens is 284 g/mol. The van der Waals surface area contributed by atoms with Gasteiger partial charge in [-0.2, -0.15) is 0 Å². The Labute approximate surface area is 138 Å². The van der Waals surface area contributed by atoms with Crippen LogP contribution in [0.2, 0.25) is 0 Å². The Morgan fingerprint density at radius 2 is 1.96 bits per heavy atom. The quantitative estimate of drug-likeness (QED) is 0.905. The van der Waals surface area contributed by atoms with Gasteiger partial charge in [0.15, 0.2) is 0 Å². The molecule has 2 N–H and O–H groups in total. The molecule has 0 saturated heterocycles. The zero-order valence-electron chi connectivity index (χ0n) is 14.0. The highest BCUT2D eigenvalue weighted by atomic mass is 16.1. The van der Waals surface area contributed by atoms with E-state index in [0.717, 1.165) is 18.7 Å². The number of nitrogens with one attached hydrogen (secondary N) is 2. The predicted molar refractivity (Wildman–Crippen MR) is 94.6 cm³/mol. The molecule has 0 fully saturated rings. The highest BCUT2D eigenvalue weighted by Crippen LogP contribution is 2.35. The molecule has 1 aliphatic rings. The Bertz CT molecular complexity index is 721. The van der Waals surface area contributed by atoms with E-state index in [1.54, 1.807) is 0 Å². The molecule has 23 heavy (non-hydrogen) atoms. The molecular formula is C20H24N2O. The highest BCUT2D eigenvalue weighted by molar-refractivity contribution is 5.93. The van der Waals surface area contributed by atoms with Gasteiger partial charge in [-0.1, -0.05) is 50.2 Å². The summed E-state index contributed by atoms with van der Waals surface area (Å²) >= 11 is 0. The molecule has 1 unspecified atom stereocenters. The van der Waals surface area contributed by atoms with Crippen molar-refractivity contribution in [2.24, 2.45) is 5.92 Å². The topological polar surface area (TPSA) is 41.1 Å². The first-order chi connectivity index (χ1) is 11.1. The minimum atomic E-state index is -0.0324. The minimum absolute atomic E-state index is 0.0324.